The van der Waals surface area contributed by atoms with E-state index in [1.54, 1.807) is 19.2 Å². The summed E-state index contributed by atoms with van der Waals surface area (Å²) in [5.41, 5.74) is 3.75. The maximum absolute atomic E-state index is 13.3. The molecule has 150 valence electrons. The summed E-state index contributed by atoms with van der Waals surface area (Å²) in [6.45, 7) is 0.604. The van der Waals surface area contributed by atoms with Crippen molar-refractivity contribution in [3.63, 3.8) is 0 Å². The molecule has 3 aromatic rings. The highest BCUT2D eigenvalue weighted by Gasteiger charge is 2.18. The van der Waals surface area contributed by atoms with Crippen LogP contribution in [0, 0.1) is 5.95 Å². The van der Waals surface area contributed by atoms with E-state index in [1.807, 2.05) is 30.3 Å². The topological polar surface area (TPSA) is 53.5 Å². The lowest BCUT2D eigenvalue weighted by Gasteiger charge is -2.20. The van der Waals surface area contributed by atoms with Gasteiger partial charge in [0.1, 0.15) is 24.7 Å². The zero-order valence-corrected chi connectivity index (χ0v) is 16.4. The van der Waals surface area contributed by atoms with Crippen molar-refractivity contribution in [2.75, 3.05) is 7.11 Å². The number of hydrogen-bond donors (Lipinski definition) is 0. The molecular formula is C23H23FN2O3. The van der Waals surface area contributed by atoms with E-state index in [2.05, 4.69) is 9.97 Å². The molecule has 0 saturated carbocycles. The summed E-state index contributed by atoms with van der Waals surface area (Å²) >= 11 is 0. The van der Waals surface area contributed by atoms with Gasteiger partial charge in [0.2, 0.25) is 11.8 Å². The predicted octanol–water partition coefficient (Wildman–Crippen LogP) is 4.66. The van der Waals surface area contributed by atoms with Crippen LogP contribution >= 0.6 is 0 Å². The van der Waals surface area contributed by atoms with Crippen LogP contribution in [0.1, 0.15) is 35.4 Å². The normalized spacial score (nSPS) is 12.9. The molecule has 0 atom stereocenters. The molecule has 1 aliphatic carbocycles. The Labute approximate surface area is 169 Å². The summed E-state index contributed by atoms with van der Waals surface area (Å²) in [6, 6.07) is 14.3. The van der Waals surface area contributed by atoms with Crippen LogP contribution in [-0.2, 0) is 26.1 Å². The minimum atomic E-state index is -0.520. The van der Waals surface area contributed by atoms with Gasteiger partial charge in [-0.15, -0.1) is 0 Å². The molecule has 5 nitrogen and oxygen atoms in total. The second-order valence-electron chi connectivity index (χ2n) is 6.97. The van der Waals surface area contributed by atoms with Crippen LogP contribution in [0.2, 0.25) is 0 Å². The second-order valence-corrected chi connectivity index (χ2v) is 6.97. The van der Waals surface area contributed by atoms with Gasteiger partial charge >= 0.3 is 0 Å². The second kappa shape index (κ2) is 8.90. The number of halogens is 1. The summed E-state index contributed by atoms with van der Waals surface area (Å²) in [6.07, 6.45) is 4.09. The molecule has 0 radical (unpaired) electrons. The van der Waals surface area contributed by atoms with Crippen LogP contribution in [0.4, 0.5) is 4.39 Å². The number of benzene rings is 1. The minimum Gasteiger partial charge on any atom is -0.497 e. The lowest BCUT2D eigenvalue weighted by Crippen LogP contribution is -2.10. The van der Waals surface area contributed by atoms with Gasteiger partial charge in [0.05, 0.1) is 18.5 Å². The summed E-state index contributed by atoms with van der Waals surface area (Å²) in [5.74, 6) is 1.57. The first-order valence-electron chi connectivity index (χ1n) is 9.74. The first kappa shape index (κ1) is 19.2. The lowest BCUT2D eigenvalue weighted by molar-refractivity contribution is 0.273. The van der Waals surface area contributed by atoms with Gasteiger partial charge in [-0.05, 0) is 55.5 Å². The lowest BCUT2D eigenvalue weighted by atomic mass is 9.95. The molecule has 0 N–H and O–H groups in total. The fourth-order valence-electron chi connectivity index (χ4n) is 3.41. The van der Waals surface area contributed by atoms with E-state index >= 15 is 0 Å². The van der Waals surface area contributed by atoms with Gasteiger partial charge in [0.25, 0.3) is 0 Å². The van der Waals surface area contributed by atoms with Crippen LogP contribution in [0.15, 0.2) is 48.5 Å². The molecule has 0 aliphatic heterocycles. The van der Waals surface area contributed by atoms with E-state index in [0.717, 1.165) is 54.0 Å². The largest absolute Gasteiger partial charge is 0.497 e. The molecule has 0 spiro atoms. The van der Waals surface area contributed by atoms with E-state index in [4.69, 9.17) is 14.2 Å². The molecular weight excluding hydrogens is 371 g/mol. The van der Waals surface area contributed by atoms with Gasteiger partial charge in [-0.25, -0.2) is 9.97 Å². The summed E-state index contributed by atoms with van der Waals surface area (Å²) < 4.78 is 30.4. The van der Waals surface area contributed by atoms with Crippen molar-refractivity contribution in [2.24, 2.45) is 0 Å². The Morgan fingerprint density at radius 2 is 1.76 bits per heavy atom. The molecule has 0 saturated heterocycles. The van der Waals surface area contributed by atoms with Crippen LogP contribution < -0.4 is 14.2 Å². The number of hydrogen-bond acceptors (Lipinski definition) is 5. The van der Waals surface area contributed by atoms with Gasteiger partial charge in [-0.3, -0.25) is 0 Å². The average molecular weight is 394 g/mol. The highest BCUT2D eigenvalue weighted by molar-refractivity contribution is 5.42. The SMILES string of the molecule is COc1ccc(COc2cc(OCc3cccc(F)n3)nc3c2CCCC3)cc1. The first-order chi connectivity index (χ1) is 14.2. The monoisotopic (exact) mass is 394 g/mol. The van der Waals surface area contributed by atoms with Crippen LogP contribution in [0.3, 0.4) is 0 Å². The number of methoxy groups -OCH3 is 1. The van der Waals surface area contributed by atoms with Crippen molar-refractivity contribution in [1.82, 2.24) is 9.97 Å². The van der Waals surface area contributed by atoms with E-state index in [9.17, 15) is 4.39 Å². The fourth-order valence-corrected chi connectivity index (χ4v) is 3.41. The van der Waals surface area contributed by atoms with Crippen molar-refractivity contribution < 1.29 is 18.6 Å². The van der Waals surface area contributed by atoms with Crippen molar-refractivity contribution >= 4 is 0 Å². The van der Waals surface area contributed by atoms with Crippen molar-refractivity contribution in [3.05, 3.63) is 77.0 Å². The van der Waals surface area contributed by atoms with Gasteiger partial charge in [-0.1, -0.05) is 18.2 Å². The standard InChI is InChI=1S/C23H23FN2O3/c1-27-18-11-9-16(10-12-18)14-28-21-13-23(26-20-7-3-2-6-19(20)21)29-15-17-5-4-8-22(24)25-17/h4-5,8-13H,2-3,6-7,14-15H2,1H3. The van der Waals surface area contributed by atoms with Gasteiger partial charge in [0, 0.05) is 11.6 Å². The number of aryl methyl sites for hydroxylation is 1. The Morgan fingerprint density at radius 1 is 0.931 bits per heavy atom. The Balaban J connectivity index is 1.51. The summed E-state index contributed by atoms with van der Waals surface area (Å²) in [7, 11) is 1.65. The molecule has 29 heavy (non-hydrogen) atoms. The van der Waals surface area contributed by atoms with E-state index in [-0.39, 0.29) is 6.61 Å². The molecule has 0 bridgehead atoms. The zero-order valence-electron chi connectivity index (χ0n) is 16.4. The van der Waals surface area contributed by atoms with Gasteiger partial charge in [-0.2, -0.15) is 4.39 Å². The number of pyridine rings is 2. The third kappa shape index (κ3) is 4.83. The number of ether oxygens (including phenoxy) is 3. The summed E-state index contributed by atoms with van der Waals surface area (Å²) in [4.78, 5) is 8.48. The number of rotatable bonds is 7. The molecule has 0 unspecified atom stereocenters. The van der Waals surface area contributed by atoms with Crippen LogP contribution in [-0.4, -0.2) is 17.1 Å². The third-order valence-corrected chi connectivity index (χ3v) is 4.93. The fraction of sp³-hybridized carbons (Fsp3) is 0.304. The smallest absolute Gasteiger partial charge is 0.217 e. The molecule has 1 aliphatic rings. The van der Waals surface area contributed by atoms with Crippen LogP contribution in [0.25, 0.3) is 0 Å². The highest BCUT2D eigenvalue weighted by atomic mass is 19.1. The van der Waals surface area contributed by atoms with Crippen molar-refractivity contribution in [2.45, 2.75) is 38.9 Å². The van der Waals surface area contributed by atoms with E-state index in [1.165, 1.54) is 6.07 Å². The Hall–Kier alpha value is -3.15. The molecule has 2 heterocycles. The Bertz CT molecular complexity index is 976. The minimum absolute atomic E-state index is 0.154. The zero-order chi connectivity index (χ0) is 20.1. The maximum atomic E-state index is 13.3. The summed E-state index contributed by atoms with van der Waals surface area (Å²) in [5, 5.41) is 0. The quantitative estimate of drug-likeness (QED) is 0.546. The van der Waals surface area contributed by atoms with E-state index in [0.29, 0.717) is 18.2 Å². The number of aromatic nitrogens is 2. The molecule has 0 amide bonds. The van der Waals surface area contributed by atoms with Crippen molar-refractivity contribution in [1.29, 1.82) is 0 Å². The molecule has 6 heteroatoms. The highest BCUT2D eigenvalue weighted by Crippen LogP contribution is 2.32. The maximum Gasteiger partial charge on any atom is 0.217 e. The molecule has 0 fully saturated rings. The molecule has 2 aromatic heterocycles. The molecule has 1 aromatic carbocycles. The third-order valence-electron chi connectivity index (χ3n) is 4.93. The number of nitrogens with zero attached hydrogens (tertiary/aromatic N) is 2. The van der Waals surface area contributed by atoms with Gasteiger partial charge in [0.15, 0.2) is 0 Å². The predicted molar refractivity (Wildman–Crippen MR) is 107 cm³/mol. The average Bonchev–Trinajstić information content (AvgIpc) is 2.76. The van der Waals surface area contributed by atoms with Crippen molar-refractivity contribution in [3.8, 4) is 17.4 Å². The first-order valence-corrected chi connectivity index (χ1v) is 9.74. The van der Waals surface area contributed by atoms with Gasteiger partial charge < -0.3 is 14.2 Å². The Kier molecular flexibility index (Phi) is 5.89. The molecule has 4 rings (SSSR count). The number of fused-ring (bicyclic) bond motifs is 1. The Morgan fingerprint density at radius 3 is 2.55 bits per heavy atom. The van der Waals surface area contributed by atoms with E-state index < -0.39 is 5.95 Å². The van der Waals surface area contributed by atoms with Crippen LogP contribution in [0.5, 0.6) is 17.4 Å².